The van der Waals surface area contributed by atoms with Gasteiger partial charge < -0.3 is 9.47 Å². The summed E-state index contributed by atoms with van der Waals surface area (Å²) in [4.78, 5) is 16.4. The number of amides is 1. The minimum atomic E-state index is -3.61. The van der Waals surface area contributed by atoms with E-state index in [0.29, 0.717) is 23.7 Å². The van der Waals surface area contributed by atoms with Crippen LogP contribution >= 0.6 is 22.9 Å². The quantitative estimate of drug-likeness (QED) is 0.588. The fourth-order valence-corrected chi connectivity index (χ4v) is 6.22. The van der Waals surface area contributed by atoms with Crippen LogP contribution in [0.1, 0.15) is 20.8 Å². The van der Waals surface area contributed by atoms with Crippen LogP contribution in [0, 0.1) is 13.8 Å². The number of hydrogen-bond acceptors (Lipinski definition) is 4. The predicted octanol–water partition coefficient (Wildman–Crippen LogP) is 3.96. The van der Waals surface area contributed by atoms with Gasteiger partial charge in [-0.3, -0.25) is 4.79 Å². The zero-order valence-corrected chi connectivity index (χ0v) is 19.1. The second-order valence-corrected chi connectivity index (χ2v) is 10.8. The predicted molar refractivity (Wildman–Crippen MR) is 119 cm³/mol. The SMILES string of the molecule is Cc1sc(-n2cccc2)c(C(=O)N2CCN(S(=O)(=O)c3ccc(Cl)cc3)CC2)c1C. The number of aryl methyl sites for hydroxylation is 1. The maximum atomic E-state index is 13.4. The van der Waals surface area contributed by atoms with E-state index in [1.54, 1.807) is 28.4 Å². The van der Waals surface area contributed by atoms with Crippen molar-refractivity contribution >= 4 is 38.9 Å². The Morgan fingerprint density at radius 2 is 1.60 bits per heavy atom. The van der Waals surface area contributed by atoms with Crippen LogP contribution in [-0.4, -0.2) is 54.3 Å². The highest BCUT2D eigenvalue weighted by molar-refractivity contribution is 7.89. The maximum absolute atomic E-state index is 13.4. The highest BCUT2D eigenvalue weighted by Gasteiger charge is 2.32. The summed E-state index contributed by atoms with van der Waals surface area (Å²) in [6.07, 6.45) is 3.86. The number of hydrogen-bond donors (Lipinski definition) is 0. The molecule has 1 aliphatic rings. The highest BCUT2D eigenvalue weighted by Crippen LogP contribution is 2.32. The number of sulfonamides is 1. The van der Waals surface area contributed by atoms with E-state index in [1.807, 2.05) is 42.9 Å². The summed E-state index contributed by atoms with van der Waals surface area (Å²) in [6.45, 7) is 5.21. The minimum absolute atomic E-state index is 0.0518. The van der Waals surface area contributed by atoms with Crippen LogP contribution in [0.4, 0.5) is 0 Å². The maximum Gasteiger partial charge on any atom is 0.257 e. The highest BCUT2D eigenvalue weighted by atomic mass is 35.5. The summed E-state index contributed by atoms with van der Waals surface area (Å²) in [5.74, 6) is -0.0518. The molecule has 1 aromatic carbocycles. The zero-order valence-electron chi connectivity index (χ0n) is 16.7. The molecule has 6 nitrogen and oxygen atoms in total. The average Bonchev–Trinajstić information content (AvgIpc) is 3.37. The molecule has 3 heterocycles. The van der Waals surface area contributed by atoms with Crippen LogP contribution < -0.4 is 0 Å². The summed E-state index contributed by atoms with van der Waals surface area (Å²) >= 11 is 7.46. The van der Waals surface area contributed by atoms with E-state index in [2.05, 4.69) is 0 Å². The third-order valence-corrected chi connectivity index (χ3v) is 8.78. The van der Waals surface area contributed by atoms with Crippen molar-refractivity contribution in [3.05, 3.63) is 69.8 Å². The van der Waals surface area contributed by atoms with Crippen LogP contribution in [0.15, 0.2) is 53.7 Å². The van der Waals surface area contributed by atoms with Crippen molar-refractivity contribution in [1.82, 2.24) is 13.8 Å². The van der Waals surface area contributed by atoms with E-state index in [1.165, 1.54) is 16.4 Å². The van der Waals surface area contributed by atoms with Gasteiger partial charge >= 0.3 is 0 Å². The third-order valence-electron chi connectivity index (χ3n) is 5.40. The van der Waals surface area contributed by atoms with Crippen molar-refractivity contribution in [1.29, 1.82) is 0 Å². The molecule has 0 bridgehead atoms. The van der Waals surface area contributed by atoms with Gasteiger partial charge in [-0.1, -0.05) is 11.6 Å². The van der Waals surface area contributed by atoms with Gasteiger partial charge in [0.05, 0.1) is 10.5 Å². The summed E-state index contributed by atoms with van der Waals surface area (Å²) in [7, 11) is -3.61. The van der Waals surface area contributed by atoms with Crippen LogP contribution in [0.2, 0.25) is 5.02 Å². The van der Waals surface area contributed by atoms with E-state index >= 15 is 0 Å². The van der Waals surface area contributed by atoms with Crippen molar-refractivity contribution < 1.29 is 13.2 Å². The first-order valence-corrected chi connectivity index (χ1v) is 12.2. The van der Waals surface area contributed by atoms with E-state index in [9.17, 15) is 13.2 Å². The van der Waals surface area contributed by atoms with E-state index in [0.717, 1.165) is 15.4 Å². The number of aromatic nitrogens is 1. The zero-order chi connectivity index (χ0) is 21.5. The number of piperazine rings is 1. The molecule has 0 saturated carbocycles. The number of halogens is 1. The summed E-state index contributed by atoms with van der Waals surface area (Å²) in [5, 5.41) is 1.39. The van der Waals surface area contributed by atoms with Gasteiger partial charge in [0.2, 0.25) is 10.0 Å². The van der Waals surface area contributed by atoms with Crippen molar-refractivity contribution in [2.45, 2.75) is 18.7 Å². The van der Waals surface area contributed by atoms with Crippen LogP contribution in [0.5, 0.6) is 0 Å². The van der Waals surface area contributed by atoms with Gasteiger partial charge in [0.25, 0.3) is 5.91 Å². The minimum Gasteiger partial charge on any atom is -0.336 e. The van der Waals surface area contributed by atoms with Crippen LogP contribution in [0.25, 0.3) is 5.00 Å². The normalized spacial score (nSPS) is 15.5. The lowest BCUT2D eigenvalue weighted by Gasteiger charge is -2.34. The Balaban J connectivity index is 1.53. The third kappa shape index (κ3) is 3.80. The molecule has 3 aromatic rings. The largest absolute Gasteiger partial charge is 0.336 e. The van der Waals surface area contributed by atoms with Crippen molar-refractivity contribution in [3.63, 3.8) is 0 Å². The van der Waals surface area contributed by atoms with Crippen molar-refractivity contribution in [2.24, 2.45) is 0 Å². The van der Waals surface area contributed by atoms with Gasteiger partial charge in [-0.15, -0.1) is 11.3 Å². The van der Waals surface area contributed by atoms with E-state index in [4.69, 9.17) is 11.6 Å². The van der Waals surface area contributed by atoms with Crippen molar-refractivity contribution in [3.8, 4) is 5.00 Å². The smallest absolute Gasteiger partial charge is 0.257 e. The van der Waals surface area contributed by atoms with Gasteiger partial charge in [0.1, 0.15) is 5.00 Å². The topological polar surface area (TPSA) is 62.6 Å². The molecule has 1 saturated heterocycles. The lowest BCUT2D eigenvalue weighted by Crippen LogP contribution is -2.50. The lowest BCUT2D eigenvalue weighted by atomic mass is 10.1. The molecule has 9 heteroatoms. The molecule has 0 N–H and O–H groups in total. The number of carbonyl (C=O) groups excluding carboxylic acids is 1. The van der Waals surface area contributed by atoms with Gasteiger partial charge in [0, 0.05) is 48.5 Å². The molecular formula is C21H22ClN3O3S2. The number of carbonyl (C=O) groups is 1. The second-order valence-electron chi connectivity index (χ2n) is 7.20. The molecule has 1 aliphatic heterocycles. The average molecular weight is 464 g/mol. The molecule has 158 valence electrons. The molecule has 1 amide bonds. The molecule has 0 aliphatic carbocycles. The molecular weight excluding hydrogens is 442 g/mol. The molecule has 0 radical (unpaired) electrons. The summed E-state index contributed by atoms with van der Waals surface area (Å²) in [5.41, 5.74) is 1.67. The fraction of sp³-hybridized carbons (Fsp3) is 0.286. The van der Waals surface area contributed by atoms with Crippen molar-refractivity contribution in [2.75, 3.05) is 26.2 Å². The van der Waals surface area contributed by atoms with E-state index in [-0.39, 0.29) is 23.9 Å². The van der Waals surface area contributed by atoms with Gasteiger partial charge in [-0.05, 0) is 55.8 Å². The molecule has 0 atom stereocenters. The van der Waals surface area contributed by atoms with Crippen LogP contribution in [-0.2, 0) is 10.0 Å². The molecule has 1 fully saturated rings. The lowest BCUT2D eigenvalue weighted by molar-refractivity contribution is 0.0697. The number of nitrogens with zero attached hydrogens (tertiary/aromatic N) is 3. The Bertz CT molecular complexity index is 1160. The van der Waals surface area contributed by atoms with Gasteiger partial charge in [-0.2, -0.15) is 4.31 Å². The molecule has 0 spiro atoms. The van der Waals surface area contributed by atoms with Gasteiger partial charge in [-0.25, -0.2) is 8.42 Å². The molecule has 0 unspecified atom stereocenters. The first-order chi connectivity index (χ1) is 14.3. The van der Waals surface area contributed by atoms with Gasteiger partial charge in [0.15, 0.2) is 0 Å². The Hall–Kier alpha value is -2.13. The Labute approximate surface area is 185 Å². The Morgan fingerprint density at radius 3 is 2.20 bits per heavy atom. The molecule has 2 aromatic heterocycles. The first kappa shape index (κ1) is 21.1. The molecule has 30 heavy (non-hydrogen) atoms. The van der Waals surface area contributed by atoms with Crippen LogP contribution in [0.3, 0.4) is 0 Å². The fourth-order valence-electron chi connectivity index (χ4n) is 3.56. The second kappa shape index (κ2) is 8.19. The summed E-state index contributed by atoms with van der Waals surface area (Å²) in [6, 6.07) is 10.0. The Kier molecular flexibility index (Phi) is 5.76. The number of rotatable bonds is 4. The van der Waals surface area contributed by atoms with E-state index < -0.39 is 10.0 Å². The first-order valence-electron chi connectivity index (χ1n) is 9.57. The summed E-state index contributed by atoms with van der Waals surface area (Å²) < 4.78 is 29.2. The standard InChI is InChI=1S/C21H22ClN3O3S2/c1-15-16(2)29-21(24-9-3-4-10-24)19(15)20(26)23-11-13-25(14-12-23)30(27,28)18-7-5-17(22)6-8-18/h3-10H,11-14H2,1-2H3. The molecule has 4 rings (SSSR count). The Morgan fingerprint density at radius 1 is 1.00 bits per heavy atom. The number of thiophene rings is 1. The monoisotopic (exact) mass is 463 g/mol. The number of benzene rings is 1.